The smallest absolute Gasteiger partial charge is 0.336 e. The van der Waals surface area contributed by atoms with Crippen LogP contribution in [0.5, 0.6) is 0 Å². The van der Waals surface area contributed by atoms with E-state index in [0.29, 0.717) is 25.3 Å². The average Bonchev–Trinajstić information content (AvgIpc) is 2.57. The van der Waals surface area contributed by atoms with Gasteiger partial charge in [-0.15, -0.1) is 11.8 Å². The molecule has 0 bridgehead atoms. The fourth-order valence-electron chi connectivity index (χ4n) is 2.37. The lowest BCUT2D eigenvalue weighted by atomic mass is 10.3. The summed E-state index contributed by atoms with van der Waals surface area (Å²) in [6.07, 6.45) is 0. The van der Waals surface area contributed by atoms with Crippen LogP contribution >= 0.6 is 11.8 Å². The number of urea groups is 1. The molecule has 0 aliphatic rings. The van der Waals surface area contributed by atoms with E-state index >= 15 is 0 Å². The Balaban J connectivity index is 1.73. The van der Waals surface area contributed by atoms with E-state index in [4.69, 9.17) is 0 Å². The molecule has 0 aliphatic heterocycles. The fraction of sp³-hybridized carbons (Fsp3) is 0.389. The van der Waals surface area contributed by atoms with Crippen molar-refractivity contribution in [3.8, 4) is 0 Å². The maximum atomic E-state index is 12.1. The third-order valence-corrected chi connectivity index (χ3v) is 4.74. The molecule has 25 heavy (non-hydrogen) atoms. The van der Waals surface area contributed by atoms with Crippen molar-refractivity contribution in [2.45, 2.75) is 25.3 Å². The Morgan fingerprint density at radius 1 is 1.28 bits per heavy atom. The minimum Gasteiger partial charge on any atom is -0.336 e. The Kier molecular flexibility index (Phi) is 7.06. The number of hydrogen-bond acceptors (Lipinski definition) is 4. The number of rotatable bonds is 7. The molecule has 0 spiro atoms. The predicted molar refractivity (Wildman–Crippen MR) is 101 cm³/mol. The van der Waals surface area contributed by atoms with Gasteiger partial charge < -0.3 is 10.2 Å². The second-order valence-corrected chi connectivity index (χ2v) is 6.96. The van der Waals surface area contributed by atoms with Gasteiger partial charge in [0.2, 0.25) is 0 Å². The van der Waals surface area contributed by atoms with Crippen molar-refractivity contribution in [3.05, 3.63) is 58.3 Å². The van der Waals surface area contributed by atoms with E-state index in [9.17, 15) is 9.59 Å². The minimum absolute atomic E-state index is 0.139. The maximum absolute atomic E-state index is 12.1. The zero-order valence-corrected chi connectivity index (χ0v) is 15.7. The van der Waals surface area contributed by atoms with Gasteiger partial charge in [0.05, 0.1) is 0 Å². The molecule has 1 N–H and O–H groups in total. The Morgan fingerprint density at radius 3 is 2.68 bits per heavy atom. The van der Waals surface area contributed by atoms with Gasteiger partial charge in [-0.25, -0.2) is 9.59 Å². The van der Waals surface area contributed by atoms with Crippen LogP contribution in [0.25, 0.3) is 0 Å². The van der Waals surface area contributed by atoms with E-state index in [2.05, 4.69) is 22.4 Å². The standard InChI is InChI=1S/C18H24N4O2S/c1-14-13-15(2)22(18(24)20-14)10-9-19-17(23)21(3)11-12-25-16-7-5-4-6-8-16/h4-8,13H,9-12H2,1-3H3,(H,19,23). The molecule has 6 nitrogen and oxygen atoms in total. The predicted octanol–water partition coefficient (Wildman–Crippen LogP) is 2.29. The highest BCUT2D eigenvalue weighted by Gasteiger charge is 2.08. The molecule has 1 heterocycles. The zero-order valence-electron chi connectivity index (χ0n) is 14.9. The largest absolute Gasteiger partial charge is 0.348 e. The molecule has 2 rings (SSSR count). The number of nitrogens with one attached hydrogen (secondary N) is 1. The van der Waals surface area contributed by atoms with Crippen molar-refractivity contribution in [1.29, 1.82) is 0 Å². The molecule has 2 amide bonds. The van der Waals surface area contributed by atoms with E-state index in [-0.39, 0.29) is 11.7 Å². The molecule has 0 radical (unpaired) electrons. The molecule has 1 aromatic heterocycles. The first-order chi connectivity index (χ1) is 12.0. The number of aryl methyl sites for hydroxylation is 2. The topological polar surface area (TPSA) is 67.2 Å². The van der Waals surface area contributed by atoms with Gasteiger partial charge in [0.1, 0.15) is 0 Å². The van der Waals surface area contributed by atoms with Crippen LogP contribution < -0.4 is 11.0 Å². The van der Waals surface area contributed by atoms with Crippen LogP contribution in [0, 0.1) is 13.8 Å². The molecular formula is C18H24N4O2S. The first-order valence-corrected chi connectivity index (χ1v) is 9.18. The van der Waals surface area contributed by atoms with E-state index in [1.54, 1.807) is 35.2 Å². The number of amides is 2. The summed E-state index contributed by atoms with van der Waals surface area (Å²) in [5.74, 6) is 0.828. The summed E-state index contributed by atoms with van der Waals surface area (Å²) < 4.78 is 1.57. The molecule has 0 atom stereocenters. The third kappa shape index (κ3) is 5.94. The van der Waals surface area contributed by atoms with Crippen molar-refractivity contribution >= 4 is 17.8 Å². The van der Waals surface area contributed by atoms with Gasteiger partial charge in [-0.2, -0.15) is 4.98 Å². The quantitative estimate of drug-likeness (QED) is 0.770. The van der Waals surface area contributed by atoms with Gasteiger partial charge in [0.15, 0.2) is 0 Å². The Bertz CT molecular complexity index is 761. The van der Waals surface area contributed by atoms with Gasteiger partial charge in [-0.3, -0.25) is 4.57 Å². The molecular weight excluding hydrogens is 336 g/mol. The Morgan fingerprint density at radius 2 is 2.00 bits per heavy atom. The summed E-state index contributed by atoms with van der Waals surface area (Å²) in [5, 5.41) is 2.84. The first kappa shape index (κ1) is 19.1. The summed E-state index contributed by atoms with van der Waals surface area (Å²) >= 11 is 1.72. The molecule has 1 aromatic carbocycles. The zero-order chi connectivity index (χ0) is 18.2. The number of carbonyl (C=O) groups excluding carboxylic acids is 1. The van der Waals surface area contributed by atoms with Crippen molar-refractivity contribution in [3.63, 3.8) is 0 Å². The number of nitrogens with zero attached hydrogens (tertiary/aromatic N) is 3. The normalized spacial score (nSPS) is 10.5. The minimum atomic E-state index is -0.278. The fourth-order valence-corrected chi connectivity index (χ4v) is 3.33. The van der Waals surface area contributed by atoms with Crippen LogP contribution in [0.2, 0.25) is 0 Å². The average molecular weight is 360 g/mol. The van der Waals surface area contributed by atoms with Crippen LogP contribution in [0.1, 0.15) is 11.4 Å². The second kappa shape index (κ2) is 9.27. The van der Waals surface area contributed by atoms with E-state index < -0.39 is 0 Å². The Hall–Kier alpha value is -2.28. The van der Waals surface area contributed by atoms with Crippen molar-refractivity contribution in [1.82, 2.24) is 19.8 Å². The van der Waals surface area contributed by atoms with Gasteiger partial charge in [0.25, 0.3) is 0 Å². The number of hydrogen-bond donors (Lipinski definition) is 1. The van der Waals surface area contributed by atoms with Crippen LogP contribution in [0.3, 0.4) is 0 Å². The van der Waals surface area contributed by atoms with Crippen molar-refractivity contribution < 1.29 is 4.79 Å². The summed E-state index contributed by atoms with van der Waals surface area (Å²) in [6.45, 7) is 5.11. The molecule has 7 heteroatoms. The van der Waals surface area contributed by atoms with Crippen molar-refractivity contribution in [2.75, 3.05) is 25.9 Å². The van der Waals surface area contributed by atoms with E-state index in [1.165, 1.54) is 4.90 Å². The van der Waals surface area contributed by atoms with Crippen LogP contribution in [0.15, 0.2) is 46.1 Å². The monoisotopic (exact) mass is 360 g/mol. The molecule has 2 aromatic rings. The van der Waals surface area contributed by atoms with Crippen LogP contribution in [0.4, 0.5) is 4.79 Å². The molecule has 0 saturated carbocycles. The lowest BCUT2D eigenvalue weighted by Gasteiger charge is -2.18. The number of benzene rings is 1. The maximum Gasteiger partial charge on any atom is 0.348 e. The summed E-state index contributed by atoms with van der Waals surface area (Å²) in [4.78, 5) is 30.7. The van der Waals surface area contributed by atoms with Gasteiger partial charge in [-0.05, 0) is 32.0 Å². The van der Waals surface area contributed by atoms with Crippen molar-refractivity contribution in [2.24, 2.45) is 0 Å². The molecule has 134 valence electrons. The van der Waals surface area contributed by atoms with Gasteiger partial charge in [0, 0.05) is 48.7 Å². The van der Waals surface area contributed by atoms with E-state index in [0.717, 1.165) is 11.4 Å². The molecule has 0 aliphatic carbocycles. The van der Waals surface area contributed by atoms with E-state index in [1.807, 2.05) is 31.2 Å². The highest BCUT2D eigenvalue weighted by molar-refractivity contribution is 7.99. The molecule has 0 unspecified atom stereocenters. The summed E-state index contributed by atoms with van der Waals surface area (Å²) in [5.41, 5.74) is 1.28. The SMILES string of the molecule is Cc1cc(C)n(CCNC(=O)N(C)CCSc2ccccc2)c(=O)n1. The molecule has 0 saturated heterocycles. The first-order valence-electron chi connectivity index (χ1n) is 8.19. The second-order valence-electron chi connectivity index (χ2n) is 5.79. The summed E-state index contributed by atoms with van der Waals surface area (Å²) in [7, 11) is 1.77. The van der Waals surface area contributed by atoms with Crippen LogP contribution in [-0.4, -0.2) is 46.4 Å². The number of aromatic nitrogens is 2. The highest BCUT2D eigenvalue weighted by atomic mass is 32.2. The molecule has 0 fully saturated rings. The summed E-state index contributed by atoms with van der Waals surface area (Å²) in [6, 6.07) is 11.8. The number of carbonyl (C=O) groups is 1. The number of thioether (sulfide) groups is 1. The highest BCUT2D eigenvalue weighted by Crippen LogP contribution is 2.16. The lowest BCUT2D eigenvalue weighted by Crippen LogP contribution is -2.41. The Labute approximate surface area is 152 Å². The van der Waals surface area contributed by atoms with Crippen LogP contribution in [-0.2, 0) is 6.54 Å². The third-order valence-electron chi connectivity index (χ3n) is 3.74. The van der Waals surface area contributed by atoms with Gasteiger partial charge in [-0.1, -0.05) is 18.2 Å². The van der Waals surface area contributed by atoms with Gasteiger partial charge >= 0.3 is 11.7 Å². The lowest BCUT2D eigenvalue weighted by molar-refractivity contribution is 0.211.